The van der Waals surface area contributed by atoms with Crippen LogP contribution in [-0.4, -0.2) is 19.3 Å². The summed E-state index contributed by atoms with van der Waals surface area (Å²) in [6.45, 7) is 4.10. The normalized spacial score (nSPS) is 12.1. The fourth-order valence-electron chi connectivity index (χ4n) is 2.04. The van der Waals surface area contributed by atoms with Gasteiger partial charge in [-0.3, -0.25) is 9.79 Å². The van der Waals surface area contributed by atoms with Crippen molar-refractivity contribution in [3.8, 4) is 11.5 Å². The summed E-state index contributed by atoms with van der Waals surface area (Å²) < 4.78 is 10.4. The van der Waals surface area contributed by atoms with Gasteiger partial charge in [-0.25, -0.2) is 0 Å². The standard InChI is InChI=1S/C20H23NO3/c1-4-15(2)13-20(22)24-19-11-7-17(8-12-19)21-14-16-5-9-18(23-3)10-6-16/h5-12,14-15H,4,13H2,1-3H3. The summed E-state index contributed by atoms with van der Waals surface area (Å²) in [5.74, 6) is 1.51. The van der Waals surface area contributed by atoms with Crippen LogP contribution < -0.4 is 9.47 Å². The summed E-state index contributed by atoms with van der Waals surface area (Å²) in [7, 11) is 1.64. The van der Waals surface area contributed by atoms with E-state index in [4.69, 9.17) is 9.47 Å². The molecule has 4 nitrogen and oxygen atoms in total. The Hall–Kier alpha value is -2.62. The van der Waals surface area contributed by atoms with Crippen molar-refractivity contribution in [3.63, 3.8) is 0 Å². The van der Waals surface area contributed by atoms with E-state index in [1.807, 2.05) is 43.3 Å². The van der Waals surface area contributed by atoms with Gasteiger partial charge in [0, 0.05) is 12.6 Å². The molecule has 0 aromatic heterocycles. The number of hydrogen-bond acceptors (Lipinski definition) is 4. The number of aliphatic imine (C=N–C) groups is 1. The molecule has 0 spiro atoms. The van der Waals surface area contributed by atoms with Crippen LogP contribution in [0, 0.1) is 5.92 Å². The lowest BCUT2D eigenvalue weighted by atomic mass is 10.1. The molecule has 0 aliphatic rings. The molecule has 0 aliphatic carbocycles. The van der Waals surface area contributed by atoms with E-state index in [-0.39, 0.29) is 5.97 Å². The Labute approximate surface area is 143 Å². The monoisotopic (exact) mass is 325 g/mol. The predicted octanol–water partition coefficient (Wildman–Crippen LogP) is 4.79. The average molecular weight is 325 g/mol. The summed E-state index contributed by atoms with van der Waals surface area (Å²) in [6, 6.07) is 14.8. The number of esters is 1. The summed E-state index contributed by atoms with van der Waals surface area (Å²) >= 11 is 0. The second-order valence-corrected chi connectivity index (χ2v) is 5.72. The van der Waals surface area contributed by atoms with E-state index in [9.17, 15) is 4.79 Å². The van der Waals surface area contributed by atoms with Crippen molar-refractivity contribution in [2.24, 2.45) is 10.9 Å². The van der Waals surface area contributed by atoms with E-state index in [0.717, 1.165) is 23.4 Å². The van der Waals surface area contributed by atoms with E-state index < -0.39 is 0 Å². The van der Waals surface area contributed by atoms with Gasteiger partial charge in [0.25, 0.3) is 0 Å². The third-order valence-corrected chi connectivity index (χ3v) is 3.76. The summed E-state index contributed by atoms with van der Waals surface area (Å²) in [6.07, 6.45) is 3.19. The molecule has 126 valence electrons. The van der Waals surface area contributed by atoms with Crippen molar-refractivity contribution in [2.45, 2.75) is 26.7 Å². The lowest BCUT2D eigenvalue weighted by molar-refractivity contribution is -0.135. The maximum atomic E-state index is 11.8. The van der Waals surface area contributed by atoms with Crippen molar-refractivity contribution in [1.82, 2.24) is 0 Å². The van der Waals surface area contributed by atoms with Gasteiger partial charge in [0.15, 0.2) is 0 Å². The maximum absolute atomic E-state index is 11.8. The quantitative estimate of drug-likeness (QED) is 0.418. The van der Waals surface area contributed by atoms with Gasteiger partial charge in [-0.1, -0.05) is 20.3 Å². The first-order valence-electron chi connectivity index (χ1n) is 8.09. The van der Waals surface area contributed by atoms with Crippen LogP contribution in [0.15, 0.2) is 53.5 Å². The lowest BCUT2D eigenvalue weighted by Crippen LogP contribution is -2.11. The van der Waals surface area contributed by atoms with Crippen molar-refractivity contribution < 1.29 is 14.3 Å². The van der Waals surface area contributed by atoms with Crippen molar-refractivity contribution >= 4 is 17.9 Å². The largest absolute Gasteiger partial charge is 0.497 e. The summed E-state index contributed by atoms with van der Waals surface area (Å²) in [5.41, 5.74) is 1.78. The van der Waals surface area contributed by atoms with Gasteiger partial charge in [-0.15, -0.1) is 0 Å². The molecule has 0 radical (unpaired) electrons. The van der Waals surface area contributed by atoms with E-state index >= 15 is 0 Å². The molecular weight excluding hydrogens is 302 g/mol. The number of benzene rings is 2. The zero-order valence-corrected chi connectivity index (χ0v) is 14.4. The molecule has 0 fully saturated rings. The lowest BCUT2D eigenvalue weighted by Gasteiger charge is -2.08. The van der Waals surface area contributed by atoms with Crippen LogP contribution in [0.1, 0.15) is 32.3 Å². The minimum Gasteiger partial charge on any atom is -0.497 e. The summed E-state index contributed by atoms with van der Waals surface area (Å²) in [5, 5.41) is 0. The van der Waals surface area contributed by atoms with Crippen molar-refractivity contribution in [1.29, 1.82) is 0 Å². The Balaban J connectivity index is 1.93. The van der Waals surface area contributed by atoms with Crippen LogP contribution in [0.5, 0.6) is 11.5 Å². The SMILES string of the molecule is CCC(C)CC(=O)Oc1ccc(N=Cc2ccc(OC)cc2)cc1. The second-order valence-electron chi connectivity index (χ2n) is 5.72. The van der Waals surface area contributed by atoms with Crippen LogP contribution in [0.25, 0.3) is 0 Å². The van der Waals surface area contributed by atoms with Gasteiger partial charge in [0.2, 0.25) is 0 Å². The second kappa shape index (κ2) is 8.87. The third-order valence-electron chi connectivity index (χ3n) is 3.76. The van der Waals surface area contributed by atoms with Gasteiger partial charge in [0.1, 0.15) is 11.5 Å². The van der Waals surface area contributed by atoms with Crippen molar-refractivity contribution in [3.05, 3.63) is 54.1 Å². The minimum atomic E-state index is -0.196. The van der Waals surface area contributed by atoms with E-state index in [1.54, 1.807) is 25.5 Å². The molecule has 0 heterocycles. The number of ether oxygens (including phenoxy) is 2. The number of carbonyl (C=O) groups excluding carboxylic acids is 1. The Morgan fingerprint density at radius 3 is 2.29 bits per heavy atom. The van der Waals surface area contributed by atoms with Crippen LogP contribution in [0.4, 0.5) is 5.69 Å². The fraction of sp³-hybridized carbons (Fsp3) is 0.300. The zero-order valence-electron chi connectivity index (χ0n) is 14.4. The van der Waals surface area contributed by atoms with Crippen molar-refractivity contribution in [2.75, 3.05) is 7.11 Å². The van der Waals surface area contributed by atoms with E-state index in [1.165, 1.54) is 0 Å². The van der Waals surface area contributed by atoms with Crippen LogP contribution in [0.3, 0.4) is 0 Å². The average Bonchev–Trinajstić information content (AvgIpc) is 2.61. The highest BCUT2D eigenvalue weighted by molar-refractivity contribution is 5.82. The van der Waals surface area contributed by atoms with E-state index in [0.29, 0.717) is 18.1 Å². The topological polar surface area (TPSA) is 47.9 Å². The molecular formula is C20H23NO3. The number of methoxy groups -OCH3 is 1. The highest BCUT2D eigenvalue weighted by Crippen LogP contribution is 2.19. The van der Waals surface area contributed by atoms with Gasteiger partial charge in [0.05, 0.1) is 12.8 Å². The van der Waals surface area contributed by atoms with E-state index in [2.05, 4.69) is 11.9 Å². The Morgan fingerprint density at radius 2 is 1.71 bits per heavy atom. The molecule has 0 saturated heterocycles. The molecule has 2 aromatic rings. The maximum Gasteiger partial charge on any atom is 0.311 e. The first-order valence-corrected chi connectivity index (χ1v) is 8.09. The molecule has 2 aromatic carbocycles. The van der Waals surface area contributed by atoms with Crippen LogP contribution in [-0.2, 0) is 4.79 Å². The first kappa shape index (κ1) is 17.7. The number of rotatable bonds is 7. The highest BCUT2D eigenvalue weighted by atomic mass is 16.5. The Bertz CT molecular complexity index is 675. The highest BCUT2D eigenvalue weighted by Gasteiger charge is 2.09. The Kier molecular flexibility index (Phi) is 6.55. The minimum absolute atomic E-state index is 0.196. The van der Waals surface area contributed by atoms with Crippen LogP contribution in [0.2, 0.25) is 0 Å². The molecule has 0 N–H and O–H groups in total. The molecule has 1 atom stereocenters. The molecule has 1 unspecified atom stereocenters. The molecule has 2 rings (SSSR count). The smallest absolute Gasteiger partial charge is 0.311 e. The third kappa shape index (κ3) is 5.54. The predicted molar refractivity (Wildman–Crippen MR) is 96.4 cm³/mol. The van der Waals surface area contributed by atoms with Crippen LogP contribution >= 0.6 is 0 Å². The first-order chi connectivity index (χ1) is 11.6. The molecule has 0 saturated carbocycles. The molecule has 24 heavy (non-hydrogen) atoms. The van der Waals surface area contributed by atoms with Gasteiger partial charge >= 0.3 is 5.97 Å². The molecule has 0 amide bonds. The fourth-order valence-corrected chi connectivity index (χ4v) is 2.04. The Morgan fingerprint density at radius 1 is 1.08 bits per heavy atom. The van der Waals surface area contributed by atoms with Gasteiger partial charge in [-0.2, -0.15) is 0 Å². The zero-order chi connectivity index (χ0) is 17.4. The molecule has 0 aliphatic heterocycles. The number of carbonyl (C=O) groups is 1. The molecule has 0 bridgehead atoms. The number of hydrogen-bond donors (Lipinski definition) is 0. The number of nitrogens with zero attached hydrogens (tertiary/aromatic N) is 1. The summed E-state index contributed by atoms with van der Waals surface area (Å²) in [4.78, 5) is 16.2. The molecule has 4 heteroatoms. The van der Waals surface area contributed by atoms with Gasteiger partial charge in [-0.05, 0) is 60.0 Å². The van der Waals surface area contributed by atoms with Gasteiger partial charge < -0.3 is 9.47 Å².